The number of ether oxygens (including phenoxy) is 1. The number of carbonyl (C=O) groups excluding carboxylic acids is 2. The van der Waals surface area contributed by atoms with Gasteiger partial charge in [0.1, 0.15) is 5.75 Å². The Hall–Kier alpha value is -2.77. The summed E-state index contributed by atoms with van der Waals surface area (Å²) < 4.78 is 8.06. The molecule has 2 aliphatic rings. The van der Waals surface area contributed by atoms with Crippen LogP contribution in [0, 0.1) is 5.92 Å². The molecule has 1 aromatic carbocycles. The van der Waals surface area contributed by atoms with Gasteiger partial charge in [0.25, 0.3) is 0 Å². The number of anilines is 1. The second kappa shape index (κ2) is 12.3. The number of aromatic nitrogens is 4. The van der Waals surface area contributed by atoms with E-state index in [4.69, 9.17) is 4.74 Å². The first-order valence-electron chi connectivity index (χ1n) is 13.5. The second-order valence-electron chi connectivity index (χ2n) is 9.94. The first kappa shape index (κ1) is 25.3. The molecule has 2 aromatic rings. The number of fused-ring (bicyclic) bond motifs is 1. The minimum atomic E-state index is -0.0994. The van der Waals surface area contributed by atoms with E-state index >= 15 is 0 Å². The number of unbranched alkanes of at least 4 members (excludes halogenated alkanes) is 1. The van der Waals surface area contributed by atoms with E-state index in [9.17, 15) is 9.59 Å². The number of rotatable bonds is 11. The summed E-state index contributed by atoms with van der Waals surface area (Å²) in [6.45, 7) is 4.80. The molecule has 1 aliphatic heterocycles. The van der Waals surface area contributed by atoms with E-state index in [0.29, 0.717) is 37.8 Å². The predicted molar refractivity (Wildman–Crippen MR) is 134 cm³/mol. The molecule has 35 heavy (non-hydrogen) atoms. The van der Waals surface area contributed by atoms with Crippen molar-refractivity contribution in [3.05, 3.63) is 29.6 Å². The Kier molecular flexibility index (Phi) is 8.88. The van der Waals surface area contributed by atoms with Crippen LogP contribution < -0.4 is 9.64 Å². The van der Waals surface area contributed by atoms with E-state index in [1.165, 1.54) is 37.0 Å². The molecule has 1 saturated carbocycles. The third kappa shape index (κ3) is 6.27. The van der Waals surface area contributed by atoms with Crippen molar-refractivity contribution < 1.29 is 14.3 Å². The molecular weight excluding hydrogens is 442 g/mol. The zero-order valence-corrected chi connectivity index (χ0v) is 21.2. The Labute approximate surface area is 208 Å². The van der Waals surface area contributed by atoms with Gasteiger partial charge in [0.2, 0.25) is 11.8 Å². The maximum absolute atomic E-state index is 12.9. The number of aryl methyl sites for hydroxylation is 2. The third-order valence-corrected chi connectivity index (χ3v) is 7.56. The van der Waals surface area contributed by atoms with Crippen LogP contribution in [0.3, 0.4) is 0 Å². The number of imide groups is 1. The summed E-state index contributed by atoms with van der Waals surface area (Å²) in [7, 11) is 0. The molecule has 0 atom stereocenters. The second-order valence-corrected chi connectivity index (χ2v) is 9.94. The van der Waals surface area contributed by atoms with E-state index in [1.54, 1.807) is 0 Å². The van der Waals surface area contributed by atoms with Crippen LogP contribution in [0.25, 0.3) is 0 Å². The fraction of sp³-hybridized carbons (Fsp3) is 0.667. The highest BCUT2D eigenvalue weighted by Gasteiger charge is 2.30. The van der Waals surface area contributed by atoms with Crippen LogP contribution in [-0.2, 0) is 22.4 Å². The van der Waals surface area contributed by atoms with Crippen LogP contribution in [0.15, 0.2) is 18.2 Å². The van der Waals surface area contributed by atoms with Gasteiger partial charge >= 0.3 is 0 Å². The van der Waals surface area contributed by atoms with Gasteiger partial charge in [0, 0.05) is 19.3 Å². The maximum Gasteiger partial charge on any atom is 0.234 e. The molecule has 8 heteroatoms. The molecule has 0 bridgehead atoms. The molecule has 0 unspecified atom stereocenters. The maximum atomic E-state index is 12.9. The Morgan fingerprint density at radius 3 is 2.69 bits per heavy atom. The Balaban J connectivity index is 1.28. The van der Waals surface area contributed by atoms with Crippen LogP contribution in [0.5, 0.6) is 5.75 Å². The molecule has 1 aliphatic carbocycles. The first-order valence-corrected chi connectivity index (χ1v) is 13.5. The SMILES string of the molecule is CCC(CC)CC(=O)N1C(=O)CCc2cc(OCCCCc3nnnn3C3CCCCC3)ccc21. The Morgan fingerprint density at radius 1 is 1.11 bits per heavy atom. The zero-order valence-electron chi connectivity index (χ0n) is 21.2. The van der Waals surface area contributed by atoms with Crippen molar-refractivity contribution in [2.45, 2.75) is 103 Å². The van der Waals surface area contributed by atoms with Crippen molar-refractivity contribution in [1.29, 1.82) is 0 Å². The van der Waals surface area contributed by atoms with E-state index in [2.05, 4.69) is 29.4 Å². The lowest BCUT2D eigenvalue weighted by Crippen LogP contribution is -2.41. The minimum absolute atomic E-state index is 0.0890. The van der Waals surface area contributed by atoms with Gasteiger partial charge in [-0.05, 0) is 72.2 Å². The Morgan fingerprint density at radius 2 is 1.91 bits per heavy atom. The van der Waals surface area contributed by atoms with Gasteiger partial charge in [-0.1, -0.05) is 46.0 Å². The summed E-state index contributed by atoms with van der Waals surface area (Å²) in [5.41, 5.74) is 1.73. The van der Waals surface area contributed by atoms with Crippen LogP contribution in [0.4, 0.5) is 5.69 Å². The number of amides is 2. The van der Waals surface area contributed by atoms with Gasteiger partial charge in [0.05, 0.1) is 18.3 Å². The average Bonchev–Trinajstić information content (AvgIpc) is 3.36. The monoisotopic (exact) mass is 481 g/mol. The van der Waals surface area contributed by atoms with Crippen molar-refractivity contribution in [1.82, 2.24) is 20.2 Å². The fourth-order valence-corrected chi connectivity index (χ4v) is 5.31. The van der Waals surface area contributed by atoms with Crippen LogP contribution in [0.1, 0.15) is 102 Å². The number of tetrazole rings is 1. The van der Waals surface area contributed by atoms with Gasteiger partial charge in [0.15, 0.2) is 5.82 Å². The number of benzene rings is 1. The van der Waals surface area contributed by atoms with Crippen molar-refractivity contribution in [3.63, 3.8) is 0 Å². The van der Waals surface area contributed by atoms with Crippen molar-refractivity contribution in [2.24, 2.45) is 5.92 Å². The normalized spacial score (nSPS) is 16.5. The summed E-state index contributed by atoms with van der Waals surface area (Å²) in [5.74, 6) is 1.90. The lowest BCUT2D eigenvalue weighted by Gasteiger charge is -2.29. The molecule has 8 nitrogen and oxygen atoms in total. The lowest BCUT2D eigenvalue weighted by atomic mass is 9.95. The molecule has 4 rings (SSSR count). The number of carbonyl (C=O) groups is 2. The molecular formula is C27H39N5O3. The van der Waals surface area contributed by atoms with Crippen LogP contribution in [-0.4, -0.2) is 38.6 Å². The van der Waals surface area contributed by atoms with E-state index in [0.717, 1.165) is 54.9 Å². The standard InChI is InChI=1S/C27H39N5O3/c1-3-20(4-2)18-27(34)31-24-15-14-23(19-21(24)13-16-26(31)33)35-17-9-8-12-25-28-29-30-32(25)22-10-6-5-7-11-22/h14-15,19-20,22H,3-13,16-18H2,1-2H3. The molecule has 1 fully saturated rings. The smallest absolute Gasteiger partial charge is 0.234 e. The highest BCUT2D eigenvalue weighted by Crippen LogP contribution is 2.33. The molecule has 0 spiro atoms. The quantitative estimate of drug-likeness (QED) is 0.409. The van der Waals surface area contributed by atoms with Gasteiger partial charge in [-0.15, -0.1) is 5.10 Å². The van der Waals surface area contributed by atoms with Gasteiger partial charge in [-0.2, -0.15) is 0 Å². The van der Waals surface area contributed by atoms with E-state index < -0.39 is 0 Å². The Bertz CT molecular complexity index is 994. The van der Waals surface area contributed by atoms with Crippen molar-refractivity contribution in [3.8, 4) is 5.75 Å². The van der Waals surface area contributed by atoms with Crippen LogP contribution >= 0.6 is 0 Å². The van der Waals surface area contributed by atoms with Gasteiger partial charge in [-0.25, -0.2) is 4.68 Å². The zero-order chi connectivity index (χ0) is 24.6. The van der Waals surface area contributed by atoms with E-state index in [-0.39, 0.29) is 11.8 Å². The molecule has 190 valence electrons. The van der Waals surface area contributed by atoms with Crippen molar-refractivity contribution in [2.75, 3.05) is 11.5 Å². The number of hydrogen-bond donors (Lipinski definition) is 0. The highest BCUT2D eigenvalue weighted by atomic mass is 16.5. The molecule has 2 heterocycles. The molecule has 0 radical (unpaired) electrons. The summed E-state index contributed by atoms with van der Waals surface area (Å²) in [6, 6.07) is 6.18. The average molecular weight is 482 g/mol. The topological polar surface area (TPSA) is 90.2 Å². The summed E-state index contributed by atoms with van der Waals surface area (Å²) >= 11 is 0. The predicted octanol–water partition coefficient (Wildman–Crippen LogP) is 5.21. The summed E-state index contributed by atoms with van der Waals surface area (Å²) in [6.07, 6.45) is 12.2. The van der Waals surface area contributed by atoms with Crippen LogP contribution in [0.2, 0.25) is 0 Å². The molecule has 0 N–H and O–H groups in total. The first-order chi connectivity index (χ1) is 17.1. The fourth-order valence-electron chi connectivity index (χ4n) is 5.31. The minimum Gasteiger partial charge on any atom is -0.494 e. The molecule has 2 amide bonds. The number of nitrogens with zero attached hydrogens (tertiary/aromatic N) is 5. The van der Waals surface area contributed by atoms with Gasteiger partial charge < -0.3 is 4.74 Å². The summed E-state index contributed by atoms with van der Waals surface area (Å²) in [4.78, 5) is 26.9. The lowest BCUT2D eigenvalue weighted by molar-refractivity contribution is -0.127. The van der Waals surface area contributed by atoms with E-state index in [1.807, 2.05) is 22.9 Å². The number of hydrogen-bond acceptors (Lipinski definition) is 6. The molecule has 1 aromatic heterocycles. The van der Waals surface area contributed by atoms with Gasteiger partial charge in [-0.3, -0.25) is 14.5 Å². The largest absolute Gasteiger partial charge is 0.494 e. The van der Waals surface area contributed by atoms with Crippen molar-refractivity contribution >= 4 is 17.5 Å². The third-order valence-electron chi connectivity index (χ3n) is 7.56. The highest BCUT2D eigenvalue weighted by molar-refractivity contribution is 6.16. The molecule has 0 saturated heterocycles. The summed E-state index contributed by atoms with van der Waals surface area (Å²) in [5, 5.41) is 12.4.